The van der Waals surface area contributed by atoms with Crippen LogP contribution in [0, 0.1) is 0 Å². The van der Waals surface area contributed by atoms with Crippen LogP contribution in [-0.4, -0.2) is 18.1 Å². The first-order valence-electron chi connectivity index (χ1n) is 8.77. The van der Waals surface area contributed by atoms with E-state index in [0.717, 1.165) is 40.4 Å². The topological polar surface area (TPSA) is 39.2 Å². The van der Waals surface area contributed by atoms with Gasteiger partial charge in [0, 0.05) is 16.9 Å². The van der Waals surface area contributed by atoms with Gasteiger partial charge in [0.25, 0.3) is 0 Å². The van der Waals surface area contributed by atoms with Gasteiger partial charge in [0.05, 0.1) is 12.8 Å². The zero-order chi connectivity index (χ0) is 17.8. The van der Waals surface area contributed by atoms with Crippen LogP contribution in [0.1, 0.15) is 48.8 Å². The summed E-state index contributed by atoms with van der Waals surface area (Å²) in [5.41, 5.74) is 3.20. The van der Waals surface area contributed by atoms with Crippen molar-refractivity contribution in [2.45, 2.75) is 32.6 Å². The van der Waals surface area contributed by atoms with E-state index >= 15 is 0 Å². The third-order valence-corrected chi connectivity index (χ3v) is 4.75. The second kappa shape index (κ2) is 7.47. The highest BCUT2D eigenvalue weighted by molar-refractivity contribution is 6.07. The van der Waals surface area contributed by atoms with E-state index in [2.05, 4.69) is 26.0 Å². The van der Waals surface area contributed by atoms with Gasteiger partial charge in [-0.05, 0) is 23.8 Å². The maximum Gasteiger partial charge on any atom is 0.357 e. The average molecular weight is 333 g/mol. The molecule has 0 aliphatic carbocycles. The summed E-state index contributed by atoms with van der Waals surface area (Å²) in [6.45, 7) is 4.32. The predicted molar refractivity (Wildman–Crippen MR) is 102 cm³/mol. The Bertz CT molecular complexity index is 883. The second-order valence-corrected chi connectivity index (χ2v) is 6.14. The number of aromatic nitrogens is 1. The van der Waals surface area contributed by atoms with Crippen LogP contribution in [-0.2, 0) is 4.74 Å². The third-order valence-electron chi connectivity index (χ3n) is 4.75. The number of carbonyl (C=O) groups is 1. The van der Waals surface area contributed by atoms with Crippen LogP contribution in [0.2, 0.25) is 0 Å². The molecule has 3 aromatic rings. The van der Waals surface area contributed by atoms with Crippen LogP contribution in [0.15, 0.2) is 54.6 Å². The second-order valence-electron chi connectivity index (χ2n) is 6.14. The first-order valence-corrected chi connectivity index (χ1v) is 8.77. The Kier molecular flexibility index (Phi) is 5.13. The lowest BCUT2D eigenvalue weighted by atomic mass is 9.90. The number of hydrogen-bond acceptors (Lipinski definition) is 3. The molecular weight excluding hydrogens is 310 g/mol. The molecule has 0 saturated heterocycles. The number of benzene rings is 2. The van der Waals surface area contributed by atoms with Gasteiger partial charge >= 0.3 is 5.97 Å². The third kappa shape index (κ3) is 3.14. The van der Waals surface area contributed by atoms with E-state index in [1.165, 1.54) is 7.11 Å². The molecule has 0 saturated carbocycles. The molecule has 0 N–H and O–H groups in total. The SMILES string of the molecule is CCC(CC)c1nc(C(=O)OC)c(-c2ccccc2)c2ccccc12. The van der Waals surface area contributed by atoms with Crippen molar-refractivity contribution in [2.24, 2.45) is 0 Å². The molecule has 0 radical (unpaired) electrons. The molecule has 25 heavy (non-hydrogen) atoms. The van der Waals surface area contributed by atoms with E-state index in [1.807, 2.05) is 42.5 Å². The Morgan fingerprint density at radius 2 is 1.56 bits per heavy atom. The van der Waals surface area contributed by atoms with Crippen LogP contribution in [0.5, 0.6) is 0 Å². The van der Waals surface area contributed by atoms with Crippen molar-refractivity contribution in [2.75, 3.05) is 7.11 Å². The molecule has 0 bridgehead atoms. The molecule has 0 atom stereocenters. The number of ether oxygens (including phenoxy) is 1. The fraction of sp³-hybridized carbons (Fsp3) is 0.273. The summed E-state index contributed by atoms with van der Waals surface area (Å²) in [5, 5.41) is 2.16. The van der Waals surface area contributed by atoms with Gasteiger partial charge in [-0.3, -0.25) is 0 Å². The smallest absolute Gasteiger partial charge is 0.357 e. The van der Waals surface area contributed by atoms with E-state index in [0.29, 0.717) is 11.6 Å². The minimum absolute atomic E-state index is 0.318. The molecular formula is C22H23NO2. The van der Waals surface area contributed by atoms with Crippen LogP contribution in [0.4, 0.5) is 0 Å². The van der Waals surface area contributed by atoms with Gasteiger partial charge in [0.15, 0.2) is 5.69 Å². The van der Waals surface area contributed by atoms with Crippen LogP contribution >= 0.6 is 0 Å². The van der Waals surface area contributed by atoms with Crippen LogP contribution in [0.25, 0.3) is 21.9 Å². The largest absolute Gasteiger partial charge is 0.464 e. The van der Waals surface area contributed by atoms with Gasteiger partial charge in [-0.1, -0.05) is 68.4 Å². The van der Waals surface area contributed by atoms with E-state index in [-0.39, 0.29) is 0 Å². The number of pyridine rings is 1. The molecule has 3 heteroatoms. The summed E-state index contributed by atoms with van der Waals surface area (Å²) in [4.78, 5) is 17.3. The highest BCUT2D eigenvalue weighted by Gasteiger charge is 2.23. The summed E-state index contributed by atoms with van der Waals surface area (Å²) < 4.78 is 5.05. The normalized spacial score (nSPS) is 11.0. The monoisotopic (exact) mass is 333 g/mol. The number of hydrogen-bond donors (Lipinski definition) is 0. The van der Waals surface area contributed by atoms with Crippen molar-refractivity contribution < 1.29 is 9.53 Å². The molecule has 0 aliphatic heterocycles. The minimum Gasteiger partial charge on any atom is -0.464 e. The number of nitrogens with zero attached hydrogens (tertiary/aromatic N) is 1. The summed E-state index contributed by atoms with van der Waals surface area (Å²) in [5.74, 6) is -0.0741. The summed E-state index contributed by atoms with van der Waals surface area (Å²) >= 11 is 0. The zero-order valence-electron chi connectivity index (χ0n) is 15.0. The maximum atomic E-state index is 12.5. The molecule has 3 nitrogen and oxygen atoms in total. The van der Waals surface area contributed by atoms with Gasteiger partial charge in [0.2, 0.25) is 0 Å². The van der Waals surface area contributed by atoms with Gasteiger partial charge in [-0.2, -0.15) is 0 Å². The molecule has 0 fully saturated rings. The van der Waals surface area contributed by atoms with Crippen molar-refractivity contribution in [1.29, 1.82) is 0 Å². The molecule has 0 spiro atoms. The van der Waals surface area contributed by atoms with Crippen molar-refractivity contribution >= 4 is 16.7 Å². The first-order chi connectivity index (χ1) is 12.2. The standard InChI is InChI=1S/C22H23NO2/c1-4-15(5-2)20-18-14-10-9-13-17(18)19(16-11-7-6-8-12-16)21(23-20)22(24)25-3/h6-15H,4-5H2,1-3H3. The first kappa shape index (κ1) is 17.2. The molecule has 128 valence electrons. The Morgan fingerprint density at radius 1 is 0.960 bits per heavy atom. The molecule has 0 unspecified atom stereocenters. The highest BCUT2D eigenvalue weighted by Crippen LogP contribution is 2.36. The minimum atomic E-state index is -0.392. The maximum absolute atomic E-state index is 12.5. The summed E-state index contributed by atoms with van der Waals surface area (Å²) in [6.07, 6.45) is 1.97. The Balaban J connectivity index is 2.42. The lowest BCUT2D eigenvalue weighted by Crippen LogP contribution is -2.11. The fourth-order valence-corrected chi connectivity index (χ4v) is 3.42. The average Bonchev–Trinajstić information content (AvgIpc) is 2.68. The summed E-state index contributed by atoms with van der Waals surface area (Å²) in [7, 11) is 1.41. The van der Waals surface area contributed by atoms with E-state index < -0.39 is 5.97 Å². The Morgan fingerprint density at radius 3 is 2.16 bits per heavy atom. The van der Waals surface area contributed by atoms with Crippen molar-refractivity contribution in [3.8, 4) is 11.1 Å². The quantitative estimate of drug-likeness (QED) is 0.571. The zero-order valence-corrected chi connectivity index (χ0v) is 15.0. The van der Waals surface area contributed by atoms with Crippen LogP contribution in [0.3, 0.4) is 0 Å². The Labute approximate surface area is 148 Å². The molecule has 2 aromatic carbocycles. The number of methoxy groups -OCH3 is 1. The van der Waals surface area contributed by atoms with Gasteiger partial charge < -0.3 is 4.74 Å². The van der Waals surface area contributed by atoms with Gasteiger partial charge in [-0.15, -0.1) is 0 Å². The van der Waals surface area contributed by atoms with Gasteiger partial charge in [0.1, 0.15) is 0 Å². The predicted octanol–water partition coefficient (Wildman–Crippen LogP) is 5.59. The number of carbonyl (C=O) groups excluding carboxylic acids is 1. The van der Waals surface area contributed by atoms with Gasteiger partial charge in [-0.25, -0.2) is 9.78 Å². The highest BCUT2D eigenvalue weighted by atomic mass is 16.5. The van der Waals surface area contributed by atoms with Crippen LogP contribution < -0.4 is 0 Å². The molecule has 1 heterocycles. The molecule has 1 aromatic heterocycles. The molecule has 3 rings (SSSR count). The summed E-state index contributed by atoms with van der Waals surface area (Å²) in [6, 6.07) is 18.1. The fourth-order valence-electron chi connectivity index (χ4n) is 3.42. The van der Waals surface area contributed by atoms with Crippen molar-refractivity contribution in [3.05, 3.63) is 66.0 Å². The van der Waals surface area contributed by atoms with E-state index in [9.17, 15) is 4.79 Å². The molecule has 0 amide bonds. The van der Waals surface area contributed by atoms with Crippen molar-refractivity contribution in [1.82, 2.24) is 4.98 Å². The lowest BCUT2D eigenvalue weighted by molar-refractivity contribution is 0.0595. The lowest BCUT2D eigenvalue weighted by Gasteiger charge is -2.19. The van der Waals surface area contributed by atoms with Crippen molar-refractivity contribution in [3.63, 3.8) is 0 Å². The number of esters is 1. The molecule has 0 aliphatic rings. The Hall–Kier alpha value is -2.68. The number of fused-ring (bicyclic) bond motifs is 1. The van der Waals surface area contributed by atoms with E-state index in [1.54, 1.807) is 0 Å². The number of rotatable bonds is 5. The van der Waals surface area contributed by atoms with E-state index in [4.69, 9.17) is 9.72 Å².